The van der Waals surface area contributed by atoms with E-state index in [0.717, 1.165) is 12.8 Å². The third-order valence-corrected chi connectivity index (χ3v) is 3.54. The van der Waals surface area contributed by atoms with Gasteiger partial charge in [0.05, 0.1) is 12.5 Å². The van der Waals surface area contributed by atoms with Crippen LogP contribution in [-0.2, 0) is 9.53 Å². The zero-order valence-corrected chi connectivity index (χ0v) is 9.45. The Kier molecular flexibility index (Phi) is 3.45. The predicted molar refractivity (Wildman–Crippen MR) is 59.3 cm³/mol. The lowest BCUT2D eigenvalue weighted by atomic mass is 9.97. The van der Waals surface area contributed by atoms with Gasteiger partial charge in [-0.15, -0.1) is 0 Å². The van der Waals surface area contributed by atoms with E-state index in [9.17, 15) is 4.79 Å². The Bertz CT molecular complexity index is 257. The molecular weight excluding hydrogens is 188 g/mol. The summed E-state index contributed by atoms with van der Waals surface area (Å²) in [5.74, 6) is 1.35. The maximum Gasteiger partial charge on any atom is 0.309 e. The minimum atomic E-state index is 0.0424. The van der Waals surface area contributed by atoms with Gasteiger partial charge in [-0.1, -0.05) is 25.5 Å². The van der Waals surface area contributed by atoms with Crippen LogP contribution in [0.25, 0.3) is 0 Å². The molecule has 2 heteroatoms. The van der Waals surface area contributed by atoms with Crippen LogP contribution in [0.3, 0.4) is 0 Å². The Hall–Kier alpha value is -0.790. The van der Waals surface area contributed by atoms with Gasteiger partial charge < -0.3 is 4.74 Å². The van der Waals surface area contributed by atoms with E-state index in [2.05, 4.69) is 19.1 Å². The normalized spacial score (nSPS) is 33.8. The standard InChI is InChI=1S/C13H20O2/c1-2-11-8-12(11)13(14)15-9-10-6-4-3-5-7-10/h4,6,10-12H,2-3,5,7-9H2,1H3. The highest BCUT2D eigenvalue weighted by Gasteiger charge is 2.42. The highest BCUT2D eigenvalue weighted by atomic mass is 16.5. The van der Waals surface area contributed by atoms with E-state index in [1.54, 1.807) is 0 Å². The molecule has 2 rings (SSSR count). The molecule has 3 unspecified atom stereocenters. The van der Waals surface area contributed by atoms with Gasteiger partial charge in [-0.2, -0.15) is 0 Å². The molecule has 15 heavy (non-hydrogen) atoms. The molecule has 0 aromatic carbocycles. The molecule has 2 nitrogen and oxygen atoms in total. The number of hydrogen-bond acceptors (Lipinski definition) is 2. The van der Waals surface area contributed by atoms with Crippen molar-refractivity contribution in [2.24, 2.45) is 17.8 Å². The molecule has 0 amide bonds. The van der Waals surface area contributed by atoms with Crippen LogP contribution in [-0.4, -0.2) is 12.6 Å². The number of carbonyl (C=O) groups is 1. The van der Waals surface area contributed by atoms with Crippen LogP contribution in [0.4, 0.5) is 0 Å². The fourth-order valence-electron chi connectivity index (χ4n) is 2.31. The quantitative estimate of drug-likeness (QED) is 0.524. The molecule has 1 saturated carbocycles. The van der Waals surface area contributed by atoms with Gasteiger partial charge in [0.25, 0.3) is 0 Å². The Morgan fingerprint density at radius 2 is 2.40 bits per heavy atom. The van der Waals surface area contributed by atoms with Gasteiger partial charge in [0, 0.05) is 5.92 Å². The summed E-state index contributed by atoms with van der Waals surface area (Å²) in [6, 6.07) is 0. The van der Waals surface area contributed by atoms with Gasteiger partial charge in [0.15, 0.2) is 0 Å². The smallest absolute Gasteiger partial charge is 0.309 e. The van der Waals surface area contributed by atoms with Crippen LogP contribution >= 0.6 is 0 Å². The minimum Gasteiger partial charge on any atom is -0.465 e. The molecule has 84 valence electrons. The zero-order chi connectivity index (χ0) is 10.7. The van der Waals surface area contributed by atoms with Gasteiger partial charge >= 0.3 is 5.97 Å². The van der Waals surface area contributed by atoms with Gasteiger partial charge in [0.1, 0.15) is 0 Å². The SMILES string of the molecule is CCC1CC1C(=O)OCC1C=CCCC1. The minimum absolute atomic E-state index is 0.0424. The molecule has 2 aliphatic rings. The van der Waals surface area contributed by atoms with E-state index < -0.39 is 0 Å². The Morgan fingerprint density at radius 1 is 1.53 bits per heavy atom. The summed E-state index contributed by atoms with van der Waals surface area (Å²) in [4.78, 5) is 11.6. The lowest BCUT2D eigenvalue weighted by molar-refractivity contribution is -0.146. The van der Waals surface area contributed by atoms with Crippen LogP contribution in [0.2, 0.25) is 0 Å². The van der Waals surface area contributed by atoms with Crippen molar-refractivity contribution in [3.63, 3.8) is 0 Å². The van der Waals surface area contributed by atoms with Crippen molar-refractivity contribution in [2.75, 3.05) is 6.61 Å². The second kappa shape index (κ2) is 4.82. The number of carbonyl (C=O) groups excluding carboxylic acids is 1. The number of esters is 1. The monoisotopic (exact) mass is 208 g/mol. The maximum atomic E-state index is 11.6. The van der Waals surface area contributed by atoms with E-state index >= 15 is 0 Å². The lowest BCUT2D eigenvalue weighted by Gasteiger charge is -2.16. The van der Waals surface area contributed by atoms with Crippen LogP contribution in [0.1, 0.15) is 39.0 Å². The molecule has 0 saturated heterocycles. The molecule has 2 aliphatic carbocycles. The van der Waals surface area contributed by atoms with Crippen molar-refractivity contribution >= 4 is 5.97 Å². The molecule has 0 radical (unpaired) electrons. The van der Waals surface area contributed by atoms with Crippen molar-refractivity contribution in [1.82, 2.24) is 0 Å². The van der Waals surface area contributed by atoms with Crippen LogP contribution in [0.5, 0.6) is 0 Å². The van der Waals surface area contributed by atoms with Crippen molar-refractivity contribution in [3.8, 4) is 0 Å². The highest BCUT2D eigenvalue weighted by Crippen LogP contribution is 2.41. The number of hydrogen-bond donors (Lipinski definition) is 0. The van der Waals surface area contributed by atoms with Crippen LogP contribution in [0.15, 0.2) is 12.2 Å². The fourth-order valence-corrected chi connectivity index (χ4v) is 2.31. The number of rotatable bonds is 4. The van der Waals surface area contributed by atoms with Gasteiger partial charge in [0.2, 0.25) is 0 Å². The molecule has 3 atom stereocenters. The van der Waals surface area contributed by atoms with E-state index in [1.807, 2.05) is 0 Å². The number of ether oxygens (including phenoxy) is 1. The molecule has 1 fully saturated rings. The highest BCUT2D eigenvalue weighted by molar-refractivity contribution is 5.75. The third-order valence-electron chi connectivity index (χ3n) is 3.54. The van der Waals surface area contributed by atoms with Gasteiger partial charge in [-0.3, -0.25) is 4.79 Å². The molecule has 0 heterocycles. The fraction of sp³-hybridized carbons (Fsp3) is 0.769. The molecule has 0 spiro atoms. The average Bonchev–Trinajstić information content (AvgIpc) is 3.06. The second-order valence-corrected chi connectivity index (χ2v) is 4.76. The summed E-state index contributed by atoms with van der Waals surface area (Å²) in [6.45, 7) is 2.74. The summed E-state index contributed by atoms with van der Waals surface area (Å²) < 4.78 is 5.35. The predicted octanol–water partition coefficient (Wildman–Crippen LogP) is 2.93. The molecule has 0 aromatic rings. The second-order valence-electron chi connectivity index (χ2n) is 4.76. The summed E-state index contributed by atoms with van der Waals surface area (Å²) >= 11 is 0. The van der Waals surface area contributed by atoms with Crippen molar-refractivity contribution in [2.45, 2.75) is 39.0 Å². The Balaban J connectivity index is 1.67. The van der Waals surface area contributed by atoms with E-state index in [1.165, 1.54) is 19.3 Å². The zero-order valence-electron chi connectivity index (χ0n) is 9.45. The summed E-state index contributed by atoms with van der Waals surface area (Å²) in [5.41, 5.74) is 0. The summed E-state index contributed by atoms with van der Waals surface area (Å²) in [7, 11) is 0. The largest absolute Gasteiger partial charge is 0.465 e. The van der Waals surface area contributed by atoms with Crippen LogP contribution < -0.4 is 0 Å². The Labute approximate surface area is 91.7 Å². The topological polar surface area (TPSA) is 26.3 Å². The maximum absolute atomic E-state index is 11.6. The molecule has 0 aromatic heterocycles. The first-order valence-electron chi connectivity index (χ1n) is 6.14. The third kappa shape index (κ3) is 2.83. The first kappa shape index (κ1) is 10.7. The van der Waals surface area contributed by atoms with Gasteiger partial charge in [-0.25, -0.2) is 0 Å². The first-order valence-corrected chi connectivity index (χ1v) is 6.14. The molecular formula is C13H20O2. The average molecular weight is 208 g/mol. The summed E-state index contributed by atoms with van der Waals surface area (Å²) in [5, 5.41) is 0. The first-order chi connectivity index (χ1) is 7.31. The van der Waals surface area contributed by atoms with E-state index in [0.29, 0.717) is 18.4 Å². The van der Waals surface area contributed by atoms with Crippen LogP contribution in [0, 0.1) is 17.8 Å². The van der Waals surface area contributed by atoms with E-state index in [4.69, 9.17) is 4.74 Å². The Morgan fingerprint density at radius 3 is 3.00 bits per heavy atom. The molecule has 0 N–H and O–H groups in total. The number of allylic oxidation sites excluding steroid dienone is 1. The van der Waals surface area contributed by atoms with E-state index in [-0.39, 0.29) is 11.9 Å². The van der Waals surface area contributed by atoms with Gasteiger partial charge in [-0.05, 0) is 31.6 Å². The molecule has 0 aliphatic heterocycles. The summed E-state index contributed by atoms with van der Waals surface area (Å²) in [6.07, 6.45) is 10.2. The van der Waals surface area contributed by atoms with Crippen molar-refractivity contribution in [1.29, 1.82) is 0 Å². The van der Waals surface area contributed by atoms with Crippen molar-refractivity contribution < 1.29 is 9.53 Å². The van der Waals surface area contributed by atoms with Crippen molar-refractivity contribution in [3.05, 3.63) is 12.2 Å². The lowest BCUT2D eigenvalue weighted by Crippen LogP contribution is -2.15. The molecule has 0 bridgehead atoms.